The zero-order valence-corrected chi connectivity index (χ0v) is 12.4. The van der Waals surface area contributed by atoms with Gasteiger partial charge in [-0.3, -0.25) is 0 Å². The predicted molar refractivity (Wildman–Crippen MR) is 53.0 cm³/mol. The maximum Gasteiger partial charge on any atom is 0.196 e. The first-order valence-corrected chi connectivity index (χ1v) is 18.5. The van der Waals surface area contributed by atoms with Gasteiger partial charge in [-0.25, -0.2) is 0 Å². The first-order chi connectivity index (χ1) is 2.96. The molecule has 0 aromatic rings. The fraction of sp³-hybridized carbons (Fsp3) is 0. The number of rotatable bonds is 0. The number of hydrogen-bond acceptors (Lipinski definition) is 0. The third-order valence-electron chi connectivity index (χ3n) is 0.646. The molecule has 0 aliphatic carbocycles. The molecule has 1 rings (SSSR count). The summed E-state index contributed by atoms with van der Waals surface area (Å²) in [5.74, 6) is 0. The highest BCUT2D eigenvalue weighted by Crippen LogP contribution is 2.51. The highest BCUT2D eigenvalue weighted by Gasteiger charge is 2.68. The summed E-state index contributed by atoms with van der Waals surface area (Å²) in [5.41, 5.74) is 0. The summed E-state index contributed by atoms with van der Waals surface area (Å²) >= 11 is 14.6. The average molecular weight is 404 g/mol. The van der Waals surface area contributed by atoms with Crippen molar-refractivity contribution in [2.24, 2.45) is 0 Å². The van der Waals surface area contributed by atoms with Crippen LogP contribution in [0.25, 0.3) is 0 Å². The summed E-state index contributed by atoms with van der Waals surface area (Å²) in [7, 11) is 1.13. The van der Waals surface area contributed by atoms with Crippen molar-refractivity contribution in [3.63, 3.8) is 0 Å². The van der Waals surface area contributed by atoms with Crippen molar-refractivity contribution in [2.75, 3.05) is 0 Å². The maximum absolute atomic E-state index is 3.64. The van der Waals surface area contributed by atoms with Crippen molar-refractivity contribution in [3.05, 3.63) is 0 Å². The lowest BCUT2D eigenvalue weighted by atomic mass is 27.0. The molecular formula is Br4Si3. The van der Waals surface area contributed by atoms with Gasteiger partial charge in [0.1, 0.15) is 0 Å². The van der Waals surface area contributed by atoms with E-state index in [4.69, 9.17) is 0 Å². The largest absolute Gasteiger partial charge is 0.196 e. The van der Waals surface area contributed by atoms with Gasteiger partial charge in [0.15, 0.2) is 8.70 Å². The lowest BCUT2D eigenvalue weighted by Crippen LogP contribution is -2.07. The normalized spacial score (nSPS) is 32.6. The molecule has 0 saturated carbocycles. The molecule has 0 aromatic heterocycles. The van der Waals surface area contributed by atoms with Gasteiger partial charge in [-0.05, 0) is 0 Å². The second kappa shape index (κ2) is 2.03. The summed E-state index contributed by atoms with van der Waals surface area (Å²) in [6, 6.07) is 0. The van der Waals surface area contributed by atoms with E-state index in [9.17, 15) is 0 Å². The van der Waals surface area contributed by atoms with Crippen LogP contribution in [-0.2, 0) is 0 Å². The topological polar surface area (TPSA) is 0 Å². The molecule has 0 atom stereocenters. The van der Waals surface area contributed by atoms with Gasteiger partial charge in [0.2, 0.25) is 0 Å². The molecule has 0 amide bonds. The monoisotopic (exact) mass is 400 g/mol. The van der Waals surface area contributed by atoms with Gasteiger partial charge in [0.25, 0.3) is 0 Å². The molecule has 1 fully saturated rings. The SMILES string of the molecule is Br[Si]1(Br)[Si][Si]1(Br)Br. The Morgan fingerprint density at radius 3 is 1.00 bits per heavy atom. The Hall–Kier alpha value is 2.57. The van der Waals surface area contributed by atoms with Gasteiger partial charge < -0.3 is 0 Å². The molecule has 2 radical (unpaired) electrons. The minimum Gasteiger partial charge on any atom is -0.117 e. The molecule has 0 nitrogen and oxygen atoms in total. The molecule has 1 saturated heterocycles. The van der Waals surface area contributed by atoms with E-state index in [0.717, 1.165) is 8.55 Å². The molecule has 0 aromatic carbocycles. The third kappa shape index (κ3) is 1.53. The first kappa shape index (κ1) is 7.68. The Labute approximate surface area is 77.3 Å². The zero-order chi connectivity index (χ0) is 5.71. The Kier molecular flexibility index (Phi) is 2.22. The van der Waals surface area contributed by atoms with E-state index in [0.29, 0.717) is 0 Å². The molecule has 0 bridgehead atoms. The van der Waals surface area contributed by atoms with Gasteiger partial charge in [-0.2, -0.15) is 0 Å². The smallest absolute Gasteiger partial charge is 0.117 e. The van der Waals surface area contributed by atoms with Crippen LogP contribution in [0.15, 0.2) is 0 Å². The van der Waals surface area contributed by atoms with Crippen molar-refractivity contribution >= 4 is 78.4 Å². The van der Waals surface area contributed by atoms with E-state index in [1.165, 1.54) is 0 Å². The van der Waals surface area contributed by atoms with Crippen LogP contribution in [0.1, 0.15) is 0 Å². The molecule has 1 aliphatic heterocycles. The van der Waals surface area contributed by atoms with Crippen LogP contribution in [0.3, 0.4) is 0 Å². The predicted octanol–water partition coefficient (Wildman–Crippen LogP) is 2.24. The molecule has 7 heteroatoms. The van der Waals surface area contributed by atoms with E-state index in [1.807, 2.05) is 0 Å². The highest BCUT2D eigenvalue weighted by molar-refractivity contribution is 9.74. The third-order valence-corrected chi connectivity index (χ3v) is 91.1. The summed E-state index contributed by atoms with van der Waals surface area (Å²) in [6.45, 7) is 0. The van der Waals surface area contributed by atoms with Gasteiger partial charge in [0.05, 0.1) is 8.55 Å². The van der Waals surface area contributed by atoms with E-state index in [1.54, 1.807) is 0 Å². The zero-order valence-electron chi connectivity index (χ0n) is 3.01. The van der Waals surface area contributed by atoms with Crippen molar-refractivity contribution in [2.45, 2.75) is 0 Å². The Morgan fingerprint density at radius 1 is 0.857 bits per heavy atom. The molecule has 1 aliphatic rings. The summed E-state index contributed by atoms with van der Waals surface area (Å²) in [6.07, 6.45) is 0. The minimum absolute atomic E-state index is 0.964. The second-order valence-electron chi connectivity index (χ2n) is 1.27. The van der Waals surface area contributed by atoms with E-state index < -0.39 is 8.70 Å². The number of hydrogen-bond donors (Lipinski definition) is 0. The van der Waals surface area contributed by atoms with Gasteiger partial charge in [-0.15, -0.1) is 61.2 Å². The van der Waals surface area contributed by atoms with Gasteiger partial charge in [0, 0.05) is 0 Å². The van der Waals surface area contributed by atoms with Crippen molar-refractivity contribution in [3.8, 4) is 0 Å². The fourth-order valence-corrected chi connectivity index (χ4v) is 91.8. The minimum atomic E-state index is -0.964. The van der Waals surface area contributed by atoms with Crippen LogP contribution in [0.5, 0.6) is 0 Å². The van der Waals surface area contributed by atoms with Crippen LogP contribution >= 0.6 is 61.2 Å². The van der Waals surface area contributed by atoms with Gasteiger partial charge in [-0.1, -0.05) is 0 Å². The lowest BCUT2D eigenvalue weighted by molar-refractivity contribution is 4.32. The molecule has 1 heterocycles. The van der Waals surface area contributed by atoms with E-state index in [-0.39, 0.29) is 0 Å². The van der Waals surface area contributed by atoms with Crippen LogP contribution in [0.2, 0.25) is 0 Å². The fourth-order valence-electron chi connectivity index (χ4n) is 0.166. The standard InChI is InChI=1S/Br4Si3/c1-6(2)5-7(6,3)4. The first-order valence-electron chi connectivity index (χ1n) is 1.51. The highest BCUT2D eigenvalue weighted by atomic mass is 79.9. The second-order valence-corrected chi connectivity index (χ2v) is 57.0. The van der Waals surface area contributed by atoms with Crippen LogP contribution in [-0.4, -0.2) is 17.2 Å². The quantitative estimate of drug-likeness (QED) is 0.430. The Morgan fingerprint density at radius 2 is 1.00 bits per heavy atom. The summed E-state index contributed by atoms with van der Waals surface area (Å²) < 4.78 is -1.93. The molecule has 0 unspecified atom stereocenters. The van der Waals surface area contributed by atoms with Crippen molar-refractivity contribution < 1.29 is 0 Å². The summed E-state index contributed by atoms with van der Waals surface area (Å²) in [5, 5.41) is 0. The Bertz CT molecular complexity index is 83.1. The van der Waals surface area contributed by atoms with Crippen molar-refractivity contribution in [1.29, 1.82) is 0 Å². The van der Waals surface area contributed by atoms with Gasteiger partial charge >= 0.3 is 0 Å². The molecule has 0 N–H and O–H groups in total. The maximum atomic E-state index is 3.64. The van der Waals surface area contributed by atoms with E-state index in [2.05, 4.69) is 61.2 Å². The van der Waals surface area contributed by atoms with Crippen molar-refractivity contribution in [1.82, 2.24) is 0 Å². The molecule has 0 spiro atoms. The number of halogens is 4. The lowest BCUT2D eigenvalue weighted by Gasteiger charge is -1.91. The Balaban J connectivity index is 2.59. The van der Waals surface area contributed by atoms with E-state index >= 15 is 0 Å². The molecule has 7 heavy (non-hydrogen) atoms. The molecular weight excluding hydrogens is 404 g/mol. The molecule has 40 valence electrons. The van der Waals surface area contributed by atoms with Crippen LogP contribution < -0.4 is 0 Å². The average Bonchev–Trinajstić information content (AvgIpc) is 1.63. The summed E-state index contributed by atoms with van der Waals surface area (Å²) in [4.78, 5) is 0. The van der Waals surface area contributed by atoms with Crippen LogP contribution in [0, 0.1) is 0 Å². The van der Waals surface area contributed by atoms with Crippen LogP contribution in [0.4, 0.5) is 0 Å².